The van der Waals surface area contributed by atoms with Crippen molar-refractivity contribution in [2.24, 2.45) is 5.10 Å². The van der Waals surface area contributed by atoms with Crippen molar-refractivity contribution in [2.75, 3.05) is 33.4 Å². The van der Waals surface area contributed by atoms with Crippen molar-refractivity contribution in [3.8, 4) is 5.75 Å². The number of H-pyrrole nitrogens is 1. The van der Waals surface area contributed by atoms with Gasteiger partial charge in [0, 0.05) is 31.4 Å². The first-order valence-corrected chi connectivity index (χ1v) is 8.06. The number of aromatic nitrogens is 2. The fraction of sp³-hybridized carbons (Fsp3) is 0.353. The van der Waals surface area contributed by atoms with Gasteiger partial charge in [-0.25, -0.2) is 5.43 Å². The summed E-state index contributed by atoms with van der Waals surface area (Å²) in [5.41, 5.74) is 4.79. The minimum absolute atomic E-state index is 0.337. The van der Waals surface area contributed by atoms with E-state index in [1.165, 1.54) is 6.20 Å². The van der Waals surface area contributed by atoms with Crippen LogP contribution in [0.5, 0.6) is 5.75 Å². The Hall–Kier alpha value is -2.71. The first kappa shape index (κ1) is 17.1. The molecule has 25 heavy (non-hydrogen) atoms. The third kappa shape index (κ3) is 4.65. The number of benzene rings is 1. The summed E-state index contributed by atoms with van der Waals surface area (Å²) < 4.78 is 10.8. The largest absolute Gasteiger partial charge is 0.496 e. The molecular formula is C17H21N5O3. The topological polar surface area (TPSA) is 91.8 Å². The van der Waals surface area contributed by atoms with Crippen molar-refractivity contribution in [3.63, 3.8) is 0 Å². The summed E-state index contributed by atoms with van der Waals surface area (Å²) >= 11 is 0. The summed E-state index contributed by atoms with van der Waals surface area (Å²) in [6.45, 7) is 4.10. The molecule has 2 heterocycles. The highest BCUT2D eigenvalue weighted by atomic mass is 16.5. The molecule has 1 aromatic carbocycles. The van der Waals surface area contributed by atoms with Crippen LogP contribution in [0, 0.1) is 0 Å². The summed E-state index contributed by atoms with van der Waals surface area (Å²) in [5.74, 6) is 0.501. The van der Waals surface area contributed by atoms with Gasteiger partial charge in [0.15, 0.2) is 0 Å². The minimum atomic E-state index is -0.337. The highest BCUT2D eigenvalue weighted by molar-refractivity contribution is 5.93. The van der Waals surface area contributed by atoms with Gasteiger partial charge in [0.05, 0.1) is 26.5 Å². The van der Waals surface area contributed by atoms with Gasteiger partial charge in [-0.2, -0.15) is 10.2 Å². The molecule has 0 spiro atoms. The predicted octanol–water partition coefficient (Wildman–Crippen LogP) is 1.01. The number of rotatable bonds is 6. The van der Waals surface area contributed by atoms with Gasteiger partial charge in [-0.3, -0.25) is 14.8 Å². The fourth-order valence-electron chi connectivity index (χ4n) is 2.61. The monoisotopic (exact) mass is 343 g/mol. The Morgan fingerprint density at radius 3 is 3.00 bits per heavy atom. The van der Waals surface area contributed by atoms with E-state index >= 15 is 0 Å². The van der Waals surface area contributed by atoms with Crippen LogP contribution in [0.3, 0.4) is 0 Å². The number of carbonyl (C=O) groups excluding carboxylic acids is 1. The molecule has 0 aliphatic carbocycles. The molecule has 0 saturated carbocycles. The molecule has 0 bridgehead atoms. The third-order valence-corrected chi connectivity index (χ3v) is 3.93. The average Bonchev–Trinajstić information content (AvgIpc) is 3.18. The molecular weight excluding hydrogens is 322 g/mol. The van der Waals surface area contributed by atoms with Crippen molar-refractivity contribution >= 4 is 12.1 Å². The van der Waals surface area contributed by atoms with E-state index in [0.29, 0.717) is 5.69 Å². The van der Waals surface area contributed by atoms with Crippen LogP contribution in [-0.4, -0.2) is 60.6 Å². The average molecular weight is 343 g/mol. The van der Waals surface area contributed by atoms with Crippen molar-refractivity contribution < 1.29 is 14.3 Å². The van der Waals surface area contributed by atoms with E-state index in [9.17, 15) is 4.79 Å². The Bertz CT molecular complexity index is 724. The Balaban J connectivity index is 1.65. The SMILES string of the molecule is COc1ccc(C=NNC(=O)c2ccn[nH]2)cc1CN1CCOCC1. The molecule has 132 valence electrons. The standard InChI is InChI=1S/C17H21N5O3/c1-24-16-3-2-13(10-14(16)12-22-6-8-25-9-7-22)11-19-21-17(23)15-4-5-18-20-15/h2-5,10-11H,6-9,12H2,1H3,(H,18,20)(H,21,23). The van der Waals surface area contributed by atoms with E-state index in [1.54, 1.807) is 19.4 Å². The lowest BCUT2D eigenvalue weighted by atomic mass is 10.1. The Kier molecular flexibility index (Phi) is 5.76. The fourth-order valence-corrected chi connectivity index (χ4v) is 2.61. The number of ether oxygens (including phenoxy) is 2. The van der Waals surface area contributed by atoms with E-state index < -0.39 is 0 Å². The van der Waals surface area contributed by atoms with Gasteiger partial charge in [-0.05, 0) is 29.8 Å². The summed E-state index contributed by atoms with van der Waals surface area (Å²) in [5, 5.41) is 10.3. The summed E-state index contributed by atoms with van der Waals surface area (Å²) in [4.78, 5) is 14.1. The van der Waals surface area contributed by atoms with E-state index in [2.05, 4.69) is 25.6 Å². The van der Waals surface area contributed by atoms with Crippen LogP contribution in [-0.2, 0) is 11.3 Å². The minimum Gasteiger partial charge on any atom is -0.496 e. The summed E-state index contributed by atoms with van der Waals surface area (Å²) in [6.07, 6.45) is 3.12. The summed E-state index contributed by atoms with van der Waals surface area (Å²) in [7, 11) is 1.66. The zero-order valence-electron chi connectivity index (χ0n) is 14.1. The van der Waals surface area contributed by atoms with Crippen LogP contribution in [0.2, 0.25) is 0 Å². The van der Waals surface area contributed by atoms with Crippen LogP contribution >= 0.6 is 0 Å². The molecule has 1 aliphatic rings. The number of hydrogen-bond acceptors (Lipinski definition) is 6. The predicted molar refractivity (Wildman–Crippen MR) is 92.7 cm³/mol. The highest BCUT2D eigenvalue weighted by Gasteiger charge is 2.13. The van der Waals surface area contributed by atoms with E-state index in [-0.39, 0.29) is 5.91 Å². The number of hydrazone groups is 1. The molecule has 2 N–H and O–H groups in total. The van der Waals surface area contributed by atoms with Crippen LogP contribution in [0.25, 0.3) is 0 Å². The van der Waals surface area contributed by atoms with Crippen molar-refractivity contribution in [1.29, 1.82) is 0 Å². The number of hydrogen-bond donors (Lipinski definition) is 2. The number of carbonyl (C=O) groups is 1. The maximum absolute atomic E-state index is 11.8. The van der Waals surface area contributed by atoms with Gasteiger partial charge in [0.25, 0.3) is 5.91 Å². The van der Waals surface area contributed by atoms with E-state index in [1.807, 2.05) is 18.2 Å². The second kappa shape index (κ2) is 8.41. The van der Waals surface area contributed by atoms with Crippen molar-refractivity contribution in [3.05, 3.63) is 47.3 Å². The van der Waals surface area contributed by atoms with Gasteiger partial charge in [0.1, 0.15) is 11.4 Å². The summed E-state index contributed by atoms with van der Waals surface area (Å²) in [6, 6.07) is 7.40. The number of methoxy groups -OCH3 is 1. The van der Waals surface area contributed by atoms with Crippen molar-refractivity contribution in [2.45, 2.75) is 6.54 Å². The second-order valence-electron chi connectivity index (χ2n) is 5.63. The Labute approximate surface area is 145 Å². The molecule has 0 radical (unpaired) electrons. The normalized spacial score (nSPS) is 15.4. The van der Waals surface area contributed by atoms with Gasteiger partial charge in [0.2, 0.25) is 0 Å². The van der Waals surface area contributed by atoms with Crippen LogP contribution in [0.15, 0.2) is 35.6 Å². The number of amides is 1. The molecule has 2 aromatic rings. The van der Waals surface area contributed by atoms with Gasteiger partial charge in [-0.15, -0.1) is 0 Å². The molecule has 1 aromatic heterocycles. The number of nitrogens with zero attached hydrogens (tertiary/aromatic N) is 3. The molecule has 1 amide bonds. The zero-order chi connectivity index (χ0) is 17.5. The molecule has 3 rings (SSSR count). The first-order valence-electron chi connectivity index (χ1n) is 8.06. The number of nitrogens with one attached hydrogen (secondary N) is 2. The number of aromatic amines is 1. The lowest BCUT2D eigenvalue weighted by Gasteiger charge is -2.27. The quantitative estimate of drug-likeness (QED) is 0.603. The van der Waals surface area contributed by atoms with Gasteiger partial charge >= 0.3 is 0 Å². The van der Waals surface area contributed by atoms with Gasteiger partial charge in [-0.1, -0.05) is 0 Å². The number of morpholine rings is 1. The van der Waals surface area contributed by atoms with E-state index in [4.69, 9.17) is 9.47 Å². The Morgan fingerprint density at radius 1 is 1.44 bits per heavy atom. The van der Waals surface area contributed by atoms with E-state index in [0.717, 1.165) is 49.7 Å². The van der Waals surface area contributed by atoms with Crippen LogP contribution in [0.1, 0.15) is 21.6 Å². The second-order valence-corrected chi connectivity index (χ2v) is 5.63. The van der Waals surface area contributed by atoms with Gasteiger partial charge < -0.3 is 9.47 Å². The molecule has 0 atom stereocenters. The molecule has 8 heteroatoms. The highest BCUT2D eigenvalue weighted by Crippen LogP contribution is 2.21. The zero-order valence-corrected chi connectivity index (χ0v) is 14.1. The molecule has 1 aliphatic heterocycles. The van der Waals surface area contributed by atoms with Crippen LogP contribution in [0.4, 0.5) is 0 Å². The smallest absolute Gasteiger partial charge is 0.289 e. The lowest BCUT2D eigenvalue weighted by Crippen LogP contribution is -2.35. The maximum atomic E-state index is 11.8. The third-order valence-electron chi connectivity index (χ3n) is 3.93. The molecule has 0 unspecified atom stereocenters. The molecule has 1 fully saturated rings. The first-order chi connectivity index (χ1) is 12.3. The van der Waals surface area contributed by atoms with Crippen LogP contribution < -0.4 is 10.2 Å². The van der Waals surface area contributed by atoms with Crippen molar-refractivity contribution in [1.82, 2.24) is 20.5 Å². The maximum Gasteiger partial charge on any atom is 0.289 e. The lowest BCUT2D eigenvalue weighted by molar-refractivity contribution is 0.0339. The molecule has 1 saturated heterocycles. The molecule has 8 nitrogen and oxygen atoms in total. The Morgan fingerprint density at radius 2 is 2.28 bits per heavy atom.